The zero-order valence-corrected chi connectivity index (χ0v) is 9.06. The fraction of sp³-hybridized carbons (Fsp3) is 0.417. The summed E-state index contributed by atoms with van der Waals surface area (Å²) < 4.78 is 4.59. The van der Waals surface area contributed by atoms with Crippen molar-refractivity contribution in [1.29, 1.82) is 0 Å². The second-order valence-electron chi connectivity index (χ2n) is 3.72. The van der Waals surface area contributed by atoms with E-state index in [2.05, 4.69) is 4.74 Å². The number of aromatic hydroxyl groups is 1. The highest BCUT2D eigenvalue weighted by molar-refractivity contribution is 5.69. The van der Waals surface area contributed by atoms with Crippen molar-refractivity contribution >= 4 is 5.97 Å². The molecule has 0 aliphatic carbocycles. The first-order valence-corrected chi connectivity index (χ1v) is 4.97. The minimum atomic E-state index is -0.210. The fourth-order valence-electron chi connectivity index (χ4n) is 1.50. The Hall–Kier alpha value is -1.51. The van der Waals surface area contributed by atoms with E-state index in [0.29, 0.717) is 12.8 Å². The van der Waals surface area contributed by atoms with Crippen molar-refractivity contribution in [2.75, 3.05) is 7.11 Å². The molecule has 15 heavy (non-hydrogen) atoms. The van der Waals surface area contributed by atoms with Crippen molar-refractivity contribution in [3.05, 3.63) is 29.8 Å². The average Bonchev–Trinajstić information content (AvgIpc) is 2.21. The topological polar surface area (TPSA) is 46.5 Å². The molecule has 0 amide bonds. The highest BCUT2D eigenvalue weighted by Crippen LogP contribution is 2.20. The third kappa shape index (κ3) is 3.62. The number of hydrogen-bond acceptors (Lipinski definition) is 3. The monoisotopic (exact) mass is 208 g/mol. The average molecular weight is 208 g/mol. The van der Waals surface area contributed by atoms with E-state index in [-0.39, 0.29) is 17.6 Å². The van der Waals surface area contributed by atoms with Crippen LogP contribution in [0, 0.1) is 5.92 Å². The molecular weight excluding hydrogens is 192 g/mol. The molecule has 0 aliphatic rings. The maximum absolute atomic E-state index is 11.0. The maximum atomic E-state index is 11.0. The molecule has 0 fully saturated rings. The molecule has 1 atom stereocenters. The summed E-state index contributed by atoms with van der Waals surface area (Å²) >= 11 is 0. The molecule has 3 nitrogen and oxygen atoms in total. The zero-order chi connectivity index (χ0) is 11.3. The second kappa shape index (κ2) is 5.39. The number of ether oxygens (including phenoxy) is 1. The van der Waals surface area contributed by atoms with E-state index in [4.69, 9.17) is 0 Å². The molecule has 0 spiro atoms. The molecule has 1 N–H and O–H groups in total. The molecule has 0 bridgehead atoms. The standard InChI is InChI=1S/C12H16O3/c1-9(8-12(14)15-2)7-10-5-3-4-6-11(10)13/h3-6,9,13H,7-8H2,1-2H3. The van der Waals surface area contributed by atoms with E-state index in [9.17, 15) is 9.90 Å². The summed E-state index contributed by atoms with van der Waals surface area (Å²) in [5.74, 6) is 0.248. The summed E-state index contributed by atoms with van der Waals surface area (Å²) in [7, 11) is 1.38. The van der Waals surface area contributed by atoms with Crippen molar-refractivity contribution < 1.29 is 14.6 Å². The van der Waals surface area contributed by atoms with Crippen LogP contribution in [0.25, 0.3) is 0 Å². The SMILES string of the molecule is COC(=O)CC(C)Cc1ccccc1O. The number of methoxy groups -OCH3 is 1. The van der Waals surface area contributed by atoms with E-state index >= 15 is 0 Å². The van der Waals surface area contributed by atoms with Crippen LogP contribution in [-0.4, -0.2) is 18.2 Å². The van der Waals surface area contributed by atoms with Crippen LogP contribution in [0.4, 0.5) is 0 Å². The summed E-state index contributed by atoms with van der Waals surface area (Å²) in [6, 6.07) is 7.17. The van der Waals surface area contributed by atoms with Gasteiger partial charge in [-0.1, -0.05) is 25.1 Å². The Labute approximate surface area is 89.7 Å². The first-order valence-electron chi connectivity index (χ1n) is 4.97. The van der Waals surface area contributed by atoms with Gasteiger partial charge in [0.15, 0.2) is 0 Å². The third-order valence-corrected chi connectivity index (χ3v) is 2.30. The van der Waals surface area contributed by atoms with Gasteiger partial charge in [0.1, 0.15) is 5.75 Å². The largest absolute Gasteiger partial charge is 0.508 e. The van der Waals surface area contributed by atoms with E-state index in [1.165, 1.54) is 7.11 Å². The number of hydrogen-bond donors (Lipinski definition) is 1. The highest BCUT2D eigenvalue weighted by Gasteiger charge is 2.11. The molecular formula is C12H16O3. The first kappa shape index (κ1) is 11.6. The van der Waals surface area contributed by atoms with Gasteiger partial charge in [0.05, 0.1) is 7.11 Å². The van der Waals surface area contributed by atoms with Crippen LogP contribution < -0.4 is 0 Å². The van der Waals surface area contributed by atoms with Gasteiger partial charge in [-0.15, -0.1) is 0 Å². The van der Waals surface area contributed by atoms with E-state index < -0.39 is 0 Å². The maximum Gasteiger partial charge on any atom is 0.305 e. The van der Waals surface area contributed by atoms with Crippen LogP contribution >= 0.6 is 0 Å². The van der Waals surface area contributed by atoms with E-state index in [1.54, 1.807) is 12.1 Å². The smallest absolute Gasteiger partial charge is 0.305 e. The van der Waals surface area contributed by atoms with Gasteiger partial charge in [-0.3, -0.25) is 4.79 Å². The number of carbonyl (C=O) groups is 1. The second-order valence-corrected chi connectivity index (χ2v) is 3.72. The van der Waals surface area contributed by atoms with Gasteiger partial charge < -0.3 is 9.84 Å². The Morgan fingerprint density at radius 2 is 2.13 bits per heavy atom. The van der Waals surface area contributed by atoms with E-state index in [0.717, 1.165) is 5.56 Å². The molecule has 82 valence electrons. The zero-order valence-electron chi connectivity index (χ0n) is 9.06. The van der Waals surface area contributed by atoms with Crippen molar-refractivity contribution in [3.8, 4) is 5.75 Å². The molecule has 0 aromatic heterocycles. The highest BCUT2D eigenvalue weighted by atomic mass is 16.5. The Balaban J connectivity index is 2.55. The van der Waals surface area contributed by atoms with Crippen molar-refractivity contribution in [2.24, 2.45) is 5.92 Å². The summed E-state index contributed by atoms with van der Waals surface area (Å²) in [5, 5.41) is 9.53. The predicted octanol–water partition coefficient (Wildman–Crippen LogP) is 2.13. The van der Waals surface area contributed by atoms with Crippen LogP contribution in [0.2, 0.25) is 0 Å². The van der Waals surface area contributed by atoms with Crippen LogP contribution in [0.1, 0.15) is 18.9 Å². The fourth-order valence-corrected chi connectivity index (χ4v) is 1.50. The molecule has 0 radical (unpaired) electrons. The number of para-hydroxylation sites is 1. The van der Waals surface area contributed by atoms with Crippen LogP contribution in [0.3, 0.4) is 0 Å². The molecule has 0 heterocycles. The molecule has 0 saturated carbocycles. The number of phenolic OH excluding ortho intramolecular Hbond substituents is 1. The van der Waals surface area contributed by atoms with Gasteiger partial charge in [0.25, 0.3) is 0 Å². The lowest BCUT2D eigenvalue weighted by Crippen LogP contribution is -2.09. The van der Waals surface area contributed by atoms with Gasteiger partial charge in [0, 0.05) is 6.42 Å². The Bertz CT molecular complexity index is 333. The lowest BCUT2D eigenvalue weighted by molar-refractivity contribution is -0.141. The minimum Gasteiger partial charge on any atom is -0.508 e. The lowest BCUT2D eigenvalue weighted by atomic mass is 9.97. The van der Waals surface area contributed by atoms with E-state index in [1.807, 2.05) is 19.1 Å². The van der Waals surface area contributed by atoms with Gasteiger partial charge >= 0.3 is 5.97 Å². The summed E-state index contributed by atoms with van der Waals surface area (Å²) in [6.45, 7) is 1.96. The quantitative estimate of drug-likeness (QED) is 0.771. The van der Waals surface area contributed by atoms with Crippen molar-refractivity contribution in [2.45, 2.75) is 19.8 Å². The molecule has 0 aliphatic heterocycles. The predicted molar refractivity (Wildman–Crippen MR) is 57.6 cm³/mol. The van der Waals surface area contributed by atoms with Crippen LogP contribution in [0.5, 0.6) is 5.75 Å². The molecule has 1 aromatic carbocycles. The van der Waals surface area contributed by atoms with Crippen molar-refractivity contribution in [3.63, 3.8) is 0 Å². The molecule has 3 heteroatoms. The molecule has 1 aromatic rings. The first-order chi connectivity index (χ1) is 7.13. The van der Waals surface area contributed by atoms with Gasteiger partial charge in [-0.05, 0) is 24.0 Å². The van der Waals surface area contributed by atoms with Crippen LogP contribution in [0.15, 0.2) is 24.3 Å². The van der Waals surface area contributed by atoms with Gasteiger partial charge in [-0.2, -0.15) is 0 Å². The number of phenols is 1. The van der Waals surface area contributed by atoms with Gasteiger partial charge in [0.2, 0.25) is 0 Å². The number of carbonyl (C=O) groups excluding carboxylic acids is 1. The lowest BCUT2D eigenvalue weighted by Gasteiger charge is -2.10. The Kier molecular flexibility index (Phi) is 4.16. The number of rotatable bonds is 4. The summed E-state index contributed by atoms with van der Waals surface area (Å²) in [4.78, 5) is 11.0. The normalized spacial score (nSPS) is 12.1. The van der Waals surface area contributed by atoms with Gasteiger partial charge in [-0.25, -0.2) is 0 Å². The number of benzene rings is 1. The third-order valence-electron chi connectivity index (χ3n) is 2.30. The Morgan fingerprint density at radius 3 is 2.73 bits per heavy atom. The minimum absolute atomic E-state index is 0.172. The van der Waals surface area contributed by atoms with Crippen molar-refractivity contribution in [1.82, 2.24) is 0 Å². The molecule has 1 rings (SSSR count). The summed E-state index contributed by atoms with van der Waals surface area (Å²) in [5.41, 5.74) is 0.869. The molecule has 0 saturated heterocycles. The summed E-state index contributed by atoms with van der Waals surface area (Å²) in [6.07, 6.45) is 1.06. The molecule has 1 unspecified atom stereocenters. The van der Waals surface area contributed by atoms with Crippen LogP contribution in [-0.2, 0) is 16.0 Å². The number of esters is 1. The Morgan fingerprint density at radius 1 is 1.47 bits per heavy atom.